The molecule has 1 atom stereocenters. The second-order valence-corrected chi connectivity index (χ2v) is 6.85. The zero-order valence-corrected chi connectivity index (χ0v) is 15.4. The van der Waals surface area contributed by atoms with Gasteiger partial charge >= 0.3 is 0 Å². The SMILES string of the molecule is CCCCC(CCCC)(COCc1ccccc1)C(O)CCC. The molecule has 1 N–H and O–H groups in total. The van der Waals surface area contributed by atoms with E-state index in [9.17, 15) is 5.11 Å². The summed E-state index contributed by atoms with van der Waals surface area (Å²) >= 11 is 0. The summed E-state index contributed by atoms with van der Waals surface area (Å²) in [5, 5.41) is 10.8. The van der Waals surface area contributed by atoms with E-state index in [-0.39, 0.29) is 11.5 Å². The Morgan fingerprint density at radius 2 is 1.57 bits per heavy atom. The molecule has 0 fully saturated rings. The number of benzene rings is 1. The van der Waals surface area contributed by atoms with Crippen LogP contribution in [0.15, 0.2) is 30.3 Å². The first-order valence-electron chi connectivity index (χ1n) is 9.48. The second kappa shape index (κ2) is 11.6. The smallest absolute Gasteiger partial charge is 0.0717 e. The van der Waals surface area contributed by atoms with Crippen LogP contribution in [0.1, 0.15) is 77.7 Å². The maximum absolute atomic E-state index is 10.8. The molecule has 23 heavy (non-hydrogen) atoms. The highest BCUT2D eigenvalue weighted by atomic mass is 16.5. The molecule has 0 bridgehead atoms. The van der Waals surface area contributed by atoms with E-state index in [2.05, 4.69) is 32.9 Å². The third-order valence-electron chi connectivity index (χ3n) is 4.83. The van der Waals surface area contributed by atoms with Crippen LogP contribution in [0.2, 0.25) is 0 Å². The first-order chi connectivity index (χ1) is 11.2. The van der Waals surface area contributed by atoms with Gasteiger partial charge in [0, 0.05) is 5.41 Å². The minimum atomic E-state index is -0.249. The molecule has 1 unspecified atom stereocenters. The third-order valence-corrected chi connectivity index (χ3v) is 4.83. The van der Waals surface area contributed by atoms with Crippen LogP contribution in [0.5, 0.6) is 0 Å². The Morgan fingerprint density at radius 1 is 0.957 bits per heavy atom. The summed E-state index contributed by atoms with van der Waals surface area (Å²) in [7, 11) is 0. The Hall–Kier alpha value is -0.860. The van der Waals surface area contributed by atoms with Gasteiger partial charge in [-0.2, -0.15) is 0 Å². The van der Waals surface area contributed by atoms with E-state index in [0.29, 0.717) is 13.2 Å². The number of aliphatic hydroxyl groups excluding tert-OH is 1. The van der Waals surface area contributed by atoms with Gasteiger partial charge < -0.3 is 9.84 Å². The maximum atomic E-state index is 10.8. The Balaban J connectivity index is 2.72. The highest BCUT2D eigenvalue weighted by Crippen LogP contribution is 2.37. The van der Waals surface area contributed by atoms with Crippen LogP contribution in [0.25, 0.3) is 0 Å². The lowest BCUT2D eigenvalue weighted by molar-refractivity contribution is -0.0657. The standard InChI is InChI=1S/C21H36O2/c1-4-7-15-21(16-8-5-2,20(22)12-6-3)18-23-17-19-13-10-9-11-14-19/h9-11,13-14,20,22H,4-8,12,15-18H2,1-3H3. The van der Waals surface area contributed by atoms with Gasteiger partial charge in [-0.3, -0.25) is 0 Å². The fraction of sp³-hybridized carbons (Fsp3) is 0.714. The molecule has 0 saturated carbocycles. The van der Waals surface area contributed by atoms with E-state index >= 15 is 0 Å². The Kier molecular flexibility index (Phi) is 10.2. The van der Waals surface area contributed by atoms with E-state index in [1.165, 1.54) is 31.2 Å². The van der Waals surface area contributed by atoms with Gasteiger partial charge in [0.05, 0.1) is 19.3 Å². The Labute approximate surface area is 143 Å². The molecule has 1 rings (SSSR count). The number of ether oxygens (including phenoxy) is 1. The first-order valence-corrected chi connectivity index (χ1v) is 9.48. The van der Waals surface area contributed by atoms with E-state index in [1.54, 1.807) is 0 Å². The van der Waals surface area contributed by atoms with Crippen molar-refractivity contribution < 1.29 is 9.84 Å². The molecule has 2 nitrogen and oxygen atoms in total. The molecule has 1 aromatic carbocycles. The van der Waals surface area contributed by atoms with Crippen molar-refractivity contribution in [3.05, 3.63) is 35.9 Å². The van der Waals surface area contributed by atoms with Crippen molar-refractivity contribution in [2.75, 3.05) is 6.61 Å². The third kappa shape index (κ3) is 7.05. The predicted molar refractivity (Wildman–Crippen MR) is 98.5 cm³/mol. The second-order valence-electron chi connectivity index (χ2n) is 6.85. The largest absolute Gasteiger partial charge is 0.392 e. The first kappa shape index (κ1) is 20.2. The summed E-state index contributed by atoms with van der Waals surface area (Å²) < 4.78 is 6.09. The molecule has 0 aliphatic heterocycles. The van der Waals surface area contributed by atoms with Crippen LogP contribution < -0.4 is 0 Å². The van der Waals surface area contributed by atoms with Crippen LogP contribution in [-0.2, 0) is 11.3 Å². The molecule has 0 amide bonds. The molecule has 1 aromatic rings. The molecular formula is C21H36O2. The van der Waals surface area contributed by atoms with Crippen molar-refractivity contribution in [3.63, 3.8) is 0 Å². The average molecular weight is 321 g/mol. The zero-order valence-electron chi connectivity index (χ0n) is 15.4. The van der Waals surface area contributed by atoms with Gasteiger partial charge in [0.1, 0.15) is 0 Å². The Morgan fingerprint density at radius 3 is 2.09 bits per heavy atom. The Bertz CT molecular complexity index is 380. The van der Waals surface area contributed by atoms with Gasteiger partial charge in [-0.1, -0.05) is 83.2 Å². The molecule has 0 radical (unpaired) electrons. The van der Waals surface area contributed by atoms with Crippen molar-refractivity contribution in [1.29, 1.82) is 0 Å². The number of rotatable bonds is 13. The fourth-order valence-corrected chi connectivity index (χ4v) is 3.28. The number of hydrogen-bond acceptors (Lipinski definition) is 2. The van der Waals surface area contributed by atoms with Crippen molar-refractivity contribution in [2.24, 2.45) is 5.41 Å². The van der Waals surface area contributed by atoms with Crippen molar-refractivity contribution in [3.8, 4) is 0 Å². The average Bonchev–Trinajstić information content (AvgIpc) is 2.58. The summed E-state index contributed by atoms with van der Waals surface area (Å²) in [6, 6.07) is 10.3. The summed E-state index contributed by atoms with van der Waals surface area (Å²) in [6.45, 7) is 7.91. The van der Waals surface area contributed by atoms with E-state index in [4.69, 9.17) is 4.74 Å². The molecular weight excluding hydrogens is 284 g/mol. The van der Waals surface area contributed by atoms with Crippen LogP contribution in [0.3, 0.4) is 0 Å². The van der Waals surface area contributed by atoms with Gasteiger partial charge in [0.15, 0.2) is 0 Å². The highest BCUT2D eigenvalue weighted by molar-refractivity contribution is 5.13. The topological polar surface area (TPSA) is 29.5 Å². The summed E-state index contributed by atoms with van der Waals surface area (Å²) in [4.78, 5) is 0. The van der Waals surface area contributed by atoms with Crippen LogP contribution >= 0.6 is 0 Å². The summed E-state index contributed by atoms with van der Waals surface area (Å²) in [5.41, 5.74) is 1.13. The molecule has 0 heterocycles. The molecule has 0 aliphatic carbocycles. The normalized spacial score (nSPS) is 13.2. The lowest BCUT2D eigenvalue weighted by Crippen LogP contribution is -2.39. The quantitative estimate of drug-likeness (QED) is 0.503. The summed E-state index contributed by atoms with van der Waals surface area (Å²) in [5.74, 6) is 0. The molecule has 0 saturated heterocycles. The van der Waals surface area contributed by atoms with Crippen molar-refractivity contribution >= 4 is 0 Å². The molecule has 0 spiro atoms. The fourth-order valence-electron chi connectivity index (χ4n) is 3.28. The number of unbranched alkanes of at least 4 members (excludes halogenated alkanes) is 2. The van der Waals surface area contributed by atoms with Gasteiger partial charge in [0.2, 0.25) is 0 Å². The number of hydrogen-bond donors (Lipinski definition) is 1. The zero-order chi connectivity index (χ0) is 17.0. The lowest BCUT2D eigenvalue weighted by atomic mass is 9.73. The lowest BCUT2D eigenvalue weighted by Gasteiger charge is -2.38. The van der Waals surface area contributed by atoms with Gasteiger partial charge in [-0.15, -0.1) is 0 Å². The van der Waals surface area contributed by atoms with Crippen LogP contribution in [0, 0.1) is 5.41 Å². The van der Waals surface area contributed by atoms with Gasteiger partial charge in [-0.25, -0.2) is 0 Å². The molecule has 2 heteroatoms. The maximum Gasteiger partial charge on any atom is 0.0717 e. The van der Waals surface area contributed by atoms with Gasteiger partial charge in [-0.05, 0) is 24.8 Å². The molecule has 0 aromatic heterocycles. The van der Waals surface area contributed by atoms with Crippen molar-refractivity contribution in [2.45, 2.75) is 84.8 Å². The van der Waals surface area contributed by atoms with Gasteiger partial charge in [0.25, 0.3) is 0 Å². The molecule has 0 aliphatic rings. The highest BCUT2D eigenvalue weighted by Gasteiger charge is 2.36. The monoisotopic (exact) mass is 320 g/mol. The number of aliphatic hydroxyl groups is 1. The minimum absolute atomic E-state index is 0.0726. The van der Waals surface area contributed by atoms with Crippen molar-refractivity contribution in [1.82, 2.24) is 0 Å². The predicted octanol–water partition coefficient (Wildman–Crippen LogP) is 5.73. The molecule has 132 valence electrons. The van der Waals surface area contributed by atoms with E-state index in [0.717, 1.165) is 25.7 Å². The van der Waals surface area contributed by atoms with Crippen LogP contribution in [0.4, 0.5) is 0 Å². The minimum Gasteiger partial charge on any atom is -0.392 e. The van der Waals surface area contributed by atoms with E-state index < -0.39 is 0 Å². The van der Waals surface area contributed by atoms with Crippen LogP contribution in [-0.4, -0.2) is 17.8 Å². The summed E-state index contributed by atoms with van der Waals surface area (Å²) in [6.07, 6.45) is 8.47. The van der Waals surface area contributed by atoms with E-state index in [1.807, 2.05) is 18.2 Å².